The van der Waals surface area contributed by atoms with E-state index < -0.39 is 0 Å². The van der Waals surface area contributed by atoms with E-state index in [1.54, 1.807) is 42.5 Å². The van der Waals surface area contributed by atoms with Gasteiger partial charge in [-0.1, -0.05) is 40.9 Å². The van der Waals surface area contributed by atoms with Crippen LogP contribution in [0, 0.1) is 0 Å². The van der Waals surface area contributed by atoms with Crippen molar-refractivity contribution in [2.45, 2.75) is 6.61 Å². The minimum atomic E-state index is -0.360. The summed E-state index contributed by atoms with van der Waals surface area (Å²) in [6.07, 6.45) is 1.49. The van der Waals surface area contributed by atoms with Crippen LogP contribution in [0.3, 0.4) is 0 Å². The molecular weight excluding hydrogens is 606 g/mol. The molecule has 0 saturated carbocycles. The van der Waals surface area contributed by atoms with Crippen LogP contribution in [0.15, 0.2) is 62.6 Å². The molecule has 10 heteroatoms. The molecule has 1 N–H and O–H groups in total. The summed E-state index contributed by atoms with van der Waals surface area (Å²) in [5.41, 5.74) is 4.42. The Morgan fingerprint density at radius 3 is 2.41 bits per heavy atom. The average Bonchev–Trinajstić information content (AvgIpc) is 2.78. The van der Waals surface area contributed by atoms with Gasteiger partial charge in [0.25, 0.3) is 5.91 Å². The molecule has 0 unspecified atom stereocenters. The molecule has 3 rings (SSSR count). The third-order valence-electron chi connectivity index (χ3n) is 4.22. The fraction of sp³-hybridized carbons (Fsp3) is 0.0909. The SMILES string of the molecule is COc1cc(/C=N\NC(=O)c2ccc(Cl)cc2)c(Br)c(Br)c1OCc1ccc(Cl)c(Cl)c1. The first-order chi connectivity index (χ1) is 15.3. The maximum Gasteiger partial charge on any atom is 0.271 e. The van der Waals surface area contributed by atoms with Crippen molar-refractivity contribution in [3.05, 3.63) is 89.2 Å². The van der Waals surface area contributed by atoms with Gasteiger partial charge < -0.3 is 9.47 Å². The van der Waals surface area contributed by atoms with Crippen LogP contribution in [0.2, 0.25) is 15.1 Å². The van der Waals surface area contributed by atoms with Crippen molar-refractivity contribution in [2.75, 3.05) is 7.11 Å². The second-order valence-corrected chi connectivity index (χ2v) is 9.21. The van der Waals surface area contributed by atoms with E-state index in [-0.39, 0.29) is 12.5 Å². The normalized spacial score (nSPS) is 10.9. The third-order valence-corrected chi connectivity index (χ3v) is 7.35. The molecule has 0 spiro atoms. The number of carbonyl (C=O) groups is 1. The number of carbonyl (C=O) groups excluding carboxylic acids is 1. The van der Waals surface area contributed by atoms with Crippen molar-refractivity contribution >= 4 is 78.8 Å². The molecule has 166 valence electrons. The molecule has 0 atom stereocenters. The van der Waals surface area contributed by atoms with Gasteiger partial charge in [0, 0.05) is 20.6 Å². The summed E-state index contributed by atoms with van der Waals surface area (Å²) < 4.78 is 12.7. The molecule has 0 bridgehead atoms. The second-order valence-electron chi connectivity index (χ2n) is 6.37. The maximum atomic E-state index is 12.2. The number of amides is 1. The Labute approximate surface area is 216 Å². The van der Waals surface area contributed by atoms with Gasteiger partial charge in [-0.15, -0.1) is 0 Å². The number of nitrogens with zero attached hydrogens (tertiary/aromatic N) is 1. The summed E-state index contributed by atoms with van der Waals surface area (Å²) in [4.78, 5) is 12.2. The van der Waals surface area contributed by atoms with Crippen molar-refractivity contribution < 1.29 is 14.3 Å². The van der Waals surface area contributed by atoms with E-state index >= 15 is 0 Å². The van der Waals surface area contributed by atoms with E-state index in [2.05, 4.69) is 42.4 Å². The van der Waals surface area contributed by atoms with Crippen LogP contribution in [0.5, 0.6) is 11.5 Å². The largest absolute Gasteiger partial charge is 0.493 e. The molecule has 0 fully saturated rings. The van der Waals surface area contributed by atoms with Gasteiger partial charge in [0.2, 0.25) is 0 Å². The lowest BCUT2D eigenvalue weighted by atomic mass is 10.2. The number of rotatable bonds is 7. The van der Waals surface area contributed by atoms with Crippen LogP contribution in [-0.4, -0.2) is 19.2 Å². The summed E-state index contributed by atoms with van der Waals surface area (Å²) in [5, 5.41) is 5.50. The number of methoxy groups -OCH3 is 1. The van der Waals surface area contributed by atoms with E-state index in [0.717, 1.165) is 5.56 Å². The number of hydrazone groups is 1. The van der Waals surface area contributed by atoms with Crippen LogP contribution in [0.4, 0.5) is 0 Å². The van der Waals surface area contributed by atoms with Gasteiger partial charge in [-0.25, -0.2) is 5.43 Å². The van der Waals surface area contributed by atoms with Crippen LogP contribution in [0.25, 0.3) is 0 Å². The molecule has 0 aromatic heterocycles. The Morgan fingerprint density at radius 2 is 1.75 bits per heavy atom. The molecule has 1 amide bonds. The highest BCUT2D eigenvalue weighted by atomic mass is 79.9. The highest BCUT2D eigenvalue weighted by Gasteiger charge is 2.17. The molecule has 0 radical (unpaired) electrons. The van der Waals surface area contributed by atoms with Gasteiger partial charge in [0.05, 0.1) is 27.8 Å². The number of benzene rings is 3. The standard InChI is InChI=1S/C22H15Br2Cl3N2O3/c1-31-18-9-14(10-28-29-22(30)13-3-5-15(25)6-4-13)19(23)20(24)21(18)32-11-12-2-7-16(26)17(27)8-12/h2-10H,11H2,1H3,(H,29,30)/b28-10-. The topological polar surface area (TPSA) is 59.9 Å². The Morgan fingerprint density at radius 1 is 1.03 bits per heavy atom. The second kappa shape index (κ2) is 11.4. The molecule has 5 nitrogen and oxygen atoms in total. The molecule has 32 heavy (non-hydrogen) atoms. The van der Waals surface area contributed by atoms with E-state index in [0.29, 0.717) is 46.6 Å². The lowest BCUT2D eigenvalue weighted by Gasteiger charge is -2.15. The number of ether oxygens (including phenoxy) is 2. The lowest BCUT2D eigenvalue weighted by molar-refractivity contribution is 0.0955. The van der Waals surface area contributed by atoms with Gasteiger partial charge in [-0.3, -0.25) is 4.79 Å². The van der Waals surface area contributed by atoms with E-state index in [9.17, 15) is 4.79 Å². The predicted molar refractivity (Wildman–Crippen MR) is 136 cm³/mol. The van der Waals surface area contributed by atoms with Gasteiger partial charge in [0.1, 0.15) is 6.61 Å². The smallest absolute Gasteiger partial charge is 0.271 e. The first-order valence-electron chi connectivity index (χ1n) is 9.01. The number of halogens is 5. The van der Waals surface area contributed by atoms with E-state index in [1.807, 2.05) is 6.07 Å². The van der Waals surface area contributed by atoms with Crippen LogP contribution >= 0.6 is 66.7 Å². The summed E-state index contributed by atoms with van der Waals surface area (Å²) in [6, 6.07) is 13.5. The van der Waals surface area contributed by atoms with Gasteiger partial charge in [0.15, 0.2) is 11.5 Å². The Kier molecular flexibility index (Phi) is 8.85. The zero-order valence-electron chi connectivity index (χ0n) is 16.5. The van der Waals surface area contributed by atoms with Crippen LogP contribution in [0.1, 0.15) is 21.5 Å². The number of hydrogen-bond acceptors (Lipinski definition) is 4. The zero-order valence-corrected chi connectivity index (χ0v) is 21.9. The average molecular weight is 622 g/mol. The van der Waals surface area contributed by atoms with Gasteiger partial charge in [-0.2, -0.15) is 5.10 Å². The number of nitrogens with one attached hydrogen (secondary N) is 1. The van der Waals surface area contributed by atoms with Crippen molar-refractivity contribution in [3.8, 4) is 11.5 Å². The molecule has 3 aromatic rings. The Bertz CT molecular complexity index is 1170. The molecule has 3 aromatic carbocycles. The summed E-state index contributed by atoms with van der Waals surface area (Å²) in [6.45, 7) is 0.253. The quantitative estimate of drug-likeness (QED) is 0.219. The fourth-order valence-electron chi connectivity index (χ4n) is 2.60. The minimum Gasteiger partial charge on any atom is -0.493 e. The Hall–Kier alpha value is -1.77. The Balaban J connectivity index is 1.76. The third kappa shape index (κ3) is 6.17. The molecule has 0 saturated heterocycles. The zero-order chi connectivity index (χ0) is 23.3. The van der Waals surface area contributed by atoms with Crippen LogP contribution in [-0.2, 0) is 6.61 Å². The van der Waals surface area contributed by atoms with Gasteiger partial charge >= 0.3 is 0 Å². The highest BCUT2D eigenvalue weighted by Crippen LogP contribution is 2.42. The molecule has 0 aliphatic heterocycles. The van der Waals surface area contributed by atoms with Crippen molar-refractivity contribution in [1.82, 2.24) is 5.43 Å². The molecule has 0 heterocycles. The lowest BCUT2D eigenvalue weighted by Crippen LogP contribution is -2.17. The minimum absolute atomic E-state index is 0.253. The summed E-state index contributed by atoms with van der Waals surface area (Å²) in [5.74, 6) is 0.611. The summed E-state index contributed by atoms with van der Waals surface area (Å²) in [7, 11) is 1.53. The van der Waals surface area contributed by atoms with E-state index in [4.69, 9.17) is 44.3 Å². The van der Waals surface area contributed by atoms with Crippen molar-refractivity contribution in [1.29, 1.82) is 0 Å². The van der Waals surface area contributed by atoms with Crippen molar-refractivity contribution in [2.24, 2.45) is 5.10 Å². The summed E-state index contributed by atoms with van der Waals surface area (Å²) >= 11 is 24.9. The molecule has 0 aliphatic rings. The molecular formula is C22H15Br2Cl3N2O3. The van der Waals surface area contributed by atoms with Gasteiger partial charge in [-0.05, 0) is 79.9 Å². The maximum absolute atomic E-state index is 12.2. The van der Waals surface area contributed by atoms with E-state index in [1.165, 1.54) is 13.3 Å². The predicted octanol–water partition coefficient (Wildman–Crippen LogP) is 7.52. The number of hydrogen-bond donors (Lipinski definition) is 1. The molecule has 0 aliphatic carbocycles. The first kappa shape index (κ1) is 24.9. The van der Waals surface area contributed by atoms with Crippen molar-refractivity contribution in [3.63, 3.8) is 0 Å². The monoisotopic (exact) mass is 618 g/mol. The van der Waals surface area contributed by atoms with Crippen LogP contribution < -0.4 is 14.9 Å². The first-order valence-corrected chi connectivity index (χ1v) is 11.7. The fourth-order valence-corrected chi connectivity index (χ4v) is 3.98. The highest BCUT2D eigenvalue weighted by molar-refractivity contribution is 9.13.